The fourth-order valence-corrected chi connectivity index (χ4v) is 4.52. The zero-order chi connectivity index (χ0) is 29.6. The average Bonchev–Trinajstić information content (AvgIpc) is 3.01. The van der Waals surface area contributed by atoms with Crippen LogP contribution in [-0.2, 0) is 13.2 Å². The molecular formula is C34H32O8. The van der Waals surface area contributed by atoms with Gasteiger partial charge in [-0.15, -0.1) is 0 Å². The highest BCUT2D eigenvalue weighted by molar-refractivity contribution is 5.91. The van der Waals surface area contributed by atoms with E-state index in [9.17, 15) is 9.90 Å². The molecule has 0 amide bonds. The smallest absolute Gasteiger partial charge is 0.238 e. The molecule has 0 radical (unpaired) electrons. The van der Waals surface area contributed by atoms with Gasteiger partial charge in [-0.3, -0.25) is 4.79 Å². The summed E-state index contributed by atoms with van der Waals surface area (Å²) >= 11 is 0. The summed E-state index contributed by atoms with van der Waals surface area (Å²) in [6.45, 7) is 4.20. The Morgan fingerprint density at radius 2 is 1.36 bits per heavy atom. The largest absolute Gasteiger partial charge is 0.502 e. The predicted molar refractivity (Wildman–Crippen MR) is 160 cm³/mol. The Morgan fingerprint density at radius 3 is 1.93 bits per heavy atom. The maximum Gasteiger partial charge on any atom is 0.238 e. The van der Waals surface area contributed by atoms with Gasteiger partial charge in [0.05, 0.1) is 20.3 Å². The van der Waals surface area contributed by atoms with E-state index in [2.05, 4.69) is 0 Å². The SMILES string of the molecule is COc1ccc(-c2oc3cc(OCc4ccccc4)c(OC)c(OC(C)C)c3c(=O)c2O)cc1OCc1ccccc1. The Hall–Kier alpha value is -5.11. The molecule has 1 heterocycles. The first-order valence-corrected chi connectivity index (χ1v) is 13.5. The van der Waals surface area contributed by atoms with Crippen LogP contribution in [0.5, 0.6) is 34.5 Å². The zero-order valence-corrected chi connectivity index (χ0v) is 23.9. The summed E-state index contributed by atoms with van der Waals surface area (Å²) in [5.74, 6) is 0.992. The summed E-state index contributed by atoms with van der Waals surface area (Å²) in [4.78, 5) is 13.7. The van der Waals surface area contributed by atoms with E-state index >= 15 is 0 Å². The van der Waals surface area contributed by atoms with Crippen LogP contribution in [0, 0.1) is 0 Å². The Labute approximate surface area is 243 Å². The second-order valence-electron chi connectivity index (χ2n) is 9.80. The molecule has 0 fully saturated rings. The van der Waals surface area contributed by atoms with Gasteiger partial charge in [0.2, 0.25) is 16.9 Å². The van der Waals surface area contributed by atoms with Crippen molar-refractivity contribution in [2.45, 2.75) is 33.2 Å². The van der Waals surface area contributed by atoms with Crippen LogP contribution in [0.2, 0.25) is 0 Å². The van der Waals surface area contributed by atoms with Gasteiger partial charge in [-0.05, 0) is 43.2 Å². The van der Waals surface area contributed by atoms with Crippen molar-refractivity contribution in [3.05, 3.63) is 106 Å². The van der Waals surface area contributed by atoms with E-state index in [1.54, 1.807) is 31.4 Å². The van der Waals surface area contributed by atoms with Gasteiger partial charge < -0.3 is 33.2 Å². The number of benzene rings is 4. The number of hydrogen-bond acceptors (Lipinski definition) is 8. The molecule has 0 atom stereocenters. The third kappa shape index (κ3) is 5.98. The molecule has 0 unspecified atom stereocenters. The molecule has 0 saturated heterocycles. The van der Waals surface area contributed by atoms with Crippen molar-refractivity contribution in [2.75, 3.05) is 14.2 Å². The molecule has 0 saturated carbocycles. The van der Waals surface area contributed by atoms with Crippen molar-refractivity contribution < 1.29 is 33.2 Å². The Balaban J connectivity index is 1.61. The highest BCUT2D eigenvalue weighted by Gasteiger charge is 2.26. The van der Waals surface area contributed by atoms with Crippen molar-refractivity contribution >= 4 is 11.0 Å². The summed E-state index contributed by atoms with van der Waals surface area (Å²) in [7, 11) is 3.01. The standard InChI is InChI=1S/C34H32O8/c1-21(2)41-34-29-27(18-28(33(34)38-4)40-20-23-13-9-6-10-14-23)42-32(31(36)30(29)35)24-15-16-25(37-3)26(17-24)39-19-22-11-7-5-8-12-22/h5-18,21,36H,19-20H2,1-4H3. The lowest BCUT2D eigenvalue weighted by atomic mass is 10.1. The van der Waals surface area contributed by atoms with Crippen molar-refractivity contribution in [1.29, 1.82) is 0 Å². The topological polar surface area (TPSA) is 96.6 Å². The van der Waals surface area contributed by atoms with Crippen LogP contribution in [-0.4, -0.2) is 25.4 Å². The van der Waals surface area contributed by atoms with E-state index in [4.69, 9.17) is 28.1 Å². The number of ether oxygens (including phenoxy) is 5. The molecule has 8 nitrogen and oxygen atoms in total. The predicted octanol–water partition coefficient (Wildman–Crippen LogP) is 7.13. The van der Waals surface area contributed by atoms with Crippen molar-refractivity contribution in [2.24, 2.45) is 0 Å². The first kappa shape index (κ1) is 28.4. The van der Waals surface area contributed by atoms with Gasteiger partial charge in [-0.1, -0.05) is 60.7 Å². The van der Waals surface area contributed by atoms with Crippen LogP contribution in [0.25, 0.3) is 22.3 Å². The summed E-state index contributed by atoms with van der Waals surface area (Å²) in [6, 6.07) is 25.9. The number of aromatic hydroxyl groups is 1. The Bertz CT molecular complexity index is 1730. The molecule has 5 aromatic rings. The second kappa shape index (κ2) is 12.6. The molecule has 216 valence electrons. The fraction of sp³-hybridized carbons (Fsp3) is 0.206. The van der Waals surface area contributed by atoms with Crippen LogP contribution in [0.1, 0.15) is 25.0 Å². The van der Waals surface area contributed by atoms with Gasteiger partial charge in [-0.2, -0.15) is 0 Å². The first-order valence-electron chi connectivity index (χ1n) is 13.5. The van der Waals surface area contributed by atoms with Gasteiger partial charge in [0, 0.05) is 11.6 Å². The molecule has 4 aromatic carbocycles. The van der Waals surface area contributed by atoms with Gasteiger partial charge in [0.25, 0.3) is 0 Å². The monoisotopic (exact) mass is 568 g/mol. The van der Waals surface area contributed by atoms with Gasteiger partial charge in [-0.25, -0.2) is 0 Å². The van der Waals surface area contributed by atoms with Gasteiger partial charge in [0.1, 0.15) is 24.2 Å². The van der Waals surface area contributed by atoms with Crippen molar-refractivity contribution in [1.82, 2.24) is 0 Å². The molecule has 42 heavy (non-hydrogen) atoms. The minimum atomic E-state index is -0.669. The summed E-state index contributed by atoms with van der Waals surface area (Å²) in [5.41, 5.74) is 1.83. The molecule has 5 rings (SSSR count). The van der Waals surface area contributed by atoms with E-state index in [1.807, 2.05) is 74.5 Å². The lowest BCUT2D eigenvalue weighted by Gasteiger charge is -2.19. The molecule has 0 aliphatic carbocycles. The number of hydrogen-bond donors (Lipinski definition) is 1. The minimum absolute atomic E-state index is 0.0330. The van der Waals surface area contributed by atoms with E-state index in [0.29, 0.717) is 29.4 Å². The molecule has 0 spiro atoms. The van der Waals surface area contributed by atoms with Crippen LogP contribution in [0.3, 0.4) is 0 Å². The molecule has 0 bridgehead atoms. The van der Waals surface area contributed by atoms with Gasteiger partial charge >= 0.3 is 0 Å². The van der Waals surface area contributed by atoms with Crippen molar-refractivity contribution in [3.63, 3.8) is 0 Å². The molecule has 8 heteroatoms. The van der Waals surface area contributed by atoms with Crippen molar-refractivity contribution in [3.8, 4) is 45.8 Å². The van der Waals surface area contributed by atoms with E-state index in [-0.39, 0.29) is 40.9 Å². The van der Waals surface area contributed by atoms with Crippen LogP contribution in [0.15, 0.2) is 94.1 Å². The van der Waals surface area contributed by atoms with Crippen LogP contribution >= 0.6 is 0 Å². The number of rotatable bonds is 11. The summed E-state index contributed by atoms with van der Waals surface area (Å²) in [5, 5.41) is 11.2. The Morgan fingerprint density at radius 1 is 0.738 bits per heavy atom. The second-order valence-corrected chi connectivity index (χ2v) is 9.80. The number of fused-ring (bicyclic) bond motifs is 1. The zero-order valence-electron chi connectivity index (χ0n) is 23.9. The van der Waals surface area contributed by atoms with Crippen LogP contribution in [0.4, 0.5) is 0 Å². The third-order valence-corrected chi connectivity index (χ3v) is 6.49. The normalized spacial score (nSPS) is 11.0. The molecule has 1 N–H and O–H groups in total. The molecular weight excluding hydrogens is 536 g/mol. The average molecular weight is 569 g/mol. The van der Waals surface area contributed by atoms with E-state index in [0.717, 1.165) is 11.1 Å². The lowest BCUT2D eigenvalue weighted by Crippen LogP contribution is -2.12. The first-order chi connectivity index (χ1) is 20.4. The highest BCUT2D eigenvalue weighted by atomic mass is 16.5. The number of methoxy groups -OCH3 is 2. The third-order valence-electron chi connectivity index (χ3n) is 6.49. The van der Waals surface area contributed by atoms with Gasteiger partial charge in [0.15, 0.2) is 28.8 Å². The maximum absolute atomic E-state index is 13.7. The quantitative estimate of drug-likeness (QED) is 0.180. The summed E-state index contributed by atoms with van der Waals surface area (Å²) in [6.07, 6.45) is -0.307. The Kier molecular flexibility index (Phi) is 8.52. The highest BCUT2D eigenvalue weighted by Crippen LogP contribution is 2.46. The molecule has 0 aliphatic heterocycles. The molecule has 1 aromatic heterocycles. The van der Waals surface area contributed by atoms with E-state index < -0.39 is 11.2 Å². The molecule has 0 aliphatic rings. The maximum atomic E-state index is 13.7. The fourth-order valence-electron chi connectivity index (χ4n) is 4.52. The lowest BCUT2D eigenvalue weighted by molar-refractivity contribution is 0.224. The summed E-state index contributed by atoms with van der Waals surface area (Å²) < 4.78 is 35.5. The van der Waals surface area contributed by atoms with E-state index in [1.165, 1.54) is 7.11 Å². The van der Waals surface area contributed by atoms with Crippen LogP contribution < -0.4 is 29.1 Å². The minimum Gasteiger partial charge on any atom is -0.502 e.